The van der Waals surface area contributed by atoms with Crippen molar-refractivity contribution in [3.05, 3.63) is 0 Å². The minimum Gasteiger partial charge on any atom is -0.356 e. The van der Waals surface area contributed by atoms with E-state index in [1.165, 1.54) is 12.8 Å². The molecule has 0 aromatic heterocycles. The highest BCUT2D eigenvalue weighted by molar-refractivity contribution is 5.75. The predicted molar refractivity (Wildman–Crippen MR) is 62.4 cm³/mol. The van der Waals surface area contributed by atoms with Crippen LogP contribution in [0.15, 0.2) is 0 Å². The van der Waals surface area contributed by atoms with Crippen molar-refractivity contribution in [1.82, 2.24) is 5.32 Å². The van der Waals surface area contributed by atoms with Gasteiger partial charge in [-0.2, -0.15) is 0 Å². The lowest BCUT2D eigenvalue weighted by molar-refractivity contribution is -0.121. The van der Waals surface area contributed by atoms with Gasteiger partial charge in [0.2, 0.25) is 5.91 Å². The molecule has 1 aliphatic rings. The number of nitrogens with two attached hydrogens (primary N) is 1. The normalized spacial score (nSPS) is 17.5. The molecule has 15 heavy (non-hydrogen) atoms. The maximum Gasteiger partial charge on any atom is 0.220 e. The lowest BCUT2D eigenvalue weighted by Crippen LogP contribution is -2.26. The van der Waals surface area contributed by atoms with Gasteiger partial charge in [-0.1, -0.05) is 13.3 Å². The molecule has 0 aromatic rings. The van der Waals surface area contributed by atoms with Crippen molar-refractivity contribution in [1.29, 1.82) is 0 Å². The first kappa shape index (κ1) is 12.5. The maximum atomic E-state index is 11.5. The van der Waals surface area contributed by atoms with Gasteiger partial charge in [0.1, 0.15) is 0 Å². The number of hydrogen-bond acceptors (Lipinski definition) is 2. The second-order valence-electron chi connectivity index (χ2n) is 4.64. The minimum atomic E-state index is 0.220. The molecular formula is C12H24N2O. The van der Waals surface area contributed by atoms with Crippen LogP contribution >= 0.6 is 0 Å². The minimum absolute atomic E-state index is 0.220. The molecular weight excluding hydrogens is 188 g/mol. The molecule has 1 unspecified atom stereocenters. The fraction of sp³-hybridized carbons (Fsp3) is 0.917. The lowest BCUT2D eigenvalue weighted by atomic mass is 9.96. The Kier molecular flexibility index (Phi) is 5.69. The molecule has 1 aliphatic carbocycles. The van der Waals surface area contributed by atoms with Crippen LogP contribution in [0, 0.1) is 11.8 Å². The molecule has 3 nitrogen and oxygen atoms in total. The maximum absolute atomic E-state index is 11.5. The molecule has 3 heteroatoms. The molecule has 0 radical (unpaired) electrons. The third-order valence-electron chi connectivity index (χ3n) is 3.22. The second-order valence-corrected chi connectivity index (χ2v) is 4.64. The van der Waals surface area contributed by atoms with E-state index >= 15 is 0 Å². The average molecular weight is 212 g/mol. The van der Waals surface area contributed by atoms with Crippen LogP contribution in [0.1, 0.15) is 45.4 Å². The Morgan fingerprint density at radius 2 is 2.20 bits per heavy atom. The summed E-state index contributed by atoms with van der Waals surface area (Å²) in [6, 6.07) is 0. The topological polar surface area (TPSA) is 55.1 Å². The van der Waals surface area contributed by atoms with E-state index in [2.05, 4.69) is 12.2 Å². The summed E-state index contributed by atoms with van der Waals surface area (Å²) in [5.74, 6) is 1.62. The fourth-order valence-corrected chi connectivity index (χ4v) is 1.79. The molecule has 0 saturated heterocycles. The van der Waals surface area contributed by atoms with E-state index in [-0.39, 0.29) is 5.91 Å². The zero-order valence-electron chi connectivity index (χ0n) is 9.80. The first-order chi connectivity index (χ1) is 7.26. The molecule has 88 valence electrons. The van der Waals surface area contributed by atoms with E-state index in [0.29, 0.717) is 12.3 Å². The van der Waals surface area contributed by atoms with Crippen molar-refractivity contribution in [3.63, 3.8) is 0 Å². The summed E-state index contributed by atoms with van der Waals surface area (Å²) in [6.45, 7) is 3.80. The van der Waals surface area contributed by atoms with Gasteiger partial charge in [0.05, 0.1) is 0 Å². The van der Waals surface area contributed by atoms with Crippen LogP contribution in [0.5, 0.6) is 0 Å². The molecule has 0 heterocycles. The second kappa shape index (κ2) is 6.83. The van der Waals surface area contributed by atoms with Gasteiger partial charge in [-0.3, -0.25) is 4.79 Å². The van der Waals surface area contributed by atoms with Gasteiger partial charge in [-0.15, -0.1) is 0 Å². The third-order valence-corrected chi connectivity index (χ3v) is 3.22. The molecule has 1 amide bonds. The van der Waals surface area contributed by atoms with Crippen molar-refractivity contribution in [2.75, 3.05) is 13.1 Å². The Hall–Kier alpha value is -0.570. The smallest absolute Gasteiger partial charge is 0.220 e. The molecule has 1 fully saturated rings. The number of rotatable bonds is 8. The zero-order chi connectivity index (χ0) is 11.1. The molecule has 1 saturated carbocycles. The average Bonchev–Trinajstić information content (AvgIpc) is 3.05. The van der Waals surface area contributed by atoms with Gasteiger partial charge in [-0.25, -0.2) is 0 Å². The van der Waals surface area contributed by atoms with E-state index in [1.807, 2.05) is 0 Å². The van der Waals surface area contributed by atoms with Crippen LogP contribution < -0.4 is 11.1 Å². The molecule has 0 bridgehead atoms. The quantitative estimate of drug-likeness (QED) is 0.643. The Morgan fingerprint density at radius 3 is 2.73 bits per heavy atom. The van der Waals surface area contributed by atoms with Crippen molar-refractivity contribution in [2.24, 2.45) is 17.6 Å². The summed E-state index contributed by atoms with van der Waals surface area (Å²) in [6.07, 6.45) is 6.44. The highest BCUT2D eigenvalue weighted by atomic mass is 16.1. The van der Waals surface area contributed by atoms with Gasteiger partial charge in [0, 0.05) is 13.0 Å². The molecule has 0 aromatic carbocycles. The van der Waals surface area contributed by atoms with Crippen LogP contribution in [0.25, 0.3) is 0 Å². The summed E-state index contributed by atoms with van der Waals surface area (Å²) in [5.41, 5.74) is 5.52. The van der Waals surface area contributed by atoms with Crippen LogP contribution in [-0.2, 0) is 4.79 Å². The Bertz CT molecular complexity index is 190. The number of hydrogen-bond donors (Lipinski definition) is 2. The van der Waals surface area contributed by atoms with E-state index in [4.69, 9.17) is 5.73 Å². The van der Waals surface area contributed by atoms with Crippen LogP contribution in [0.3, 0.4) is 0 Å². The summed E-state index contributed by atoms with van der Waals surface area (Å²) in [5, 5.41) is 3.00. The summed E-state index contributed by atoms with van der Waals surface area (Å²) >= 11 is 0. The highest BCUT2D eigenvalue weighted by Gasteiger charge is 2.21. The first-order valence-electron chi connectivity index (χ1n) is 6.23. The fourth-order valence-electron chi connectivity index (χ4n) is 1.79. The van der Waals surface area contributed by atoms with Crippen molar-refractivity contribution >= 4 is 5.91 Å². The third kappa shape index (κ3) is 5.78. The Labute approximate surface area is 92.8 Å². The largest absolute Gasteiger partial charge is 0.356 e. The molecule has 1 atom stereocenters. The van der Waals surface area contributed by atoms with Crippen molar-refractivity contribution in [2.45, 2.75) is 45.4 Å². The van der Waals surface area contributed by atoms with Crippen LogP contribution in [-0.4, -0.2) is 19.0 Å². The molecule has 3 N–H and O–H groups in total. The van der Waals surface area contributed by atoms with Gasteiger partial charge >= 0.3 is 0 Å². The summed E-state index contributed by atoms with van der Waals surface area (Å²) < 4.78 is 0. The van der Waals surface area contributed by atoms with E-state index in [1.54, 1.807) is 0 Å². The van der Waals surface area contributed by atoms with Gasteiger partial charge in [0.15, 0.2) is 0 Å². The Balaban J connectivity index is 2.02. The highest BCUT2D eigenvalue weighted by Crippen LogP contribution is 2.27. The number of nitrogens with one attached hydrogen (secondary N) is 1. The lowest BCUT2D eigenvalue weighted by Gasteiger charge is -2.12. The predicted octanol–water partition coefficient (Wildman–Crippen LogP) is 1.67. The van der Waals surface area contributed by atoms with Crippen LogP contribution in [0.4, 0.5) is 0 Å². The number of amides is 1. The van der Waals surface area contributed by atoms with Gasteiger partial charge in [0.25, 0.3) is 0 Å². The molecule has 1 rings (SSSR count). The van der Waals surface area contributed by atoms with Crippen molar-refractivity contribution in [3.8, 4) is 0 Å². The standard InChI is InChI=1S/C12H24N2O/c1-2-10(7-8-13)5-6-12(15)14-9-11-3-4-11/h10-11H,2-9,13H2,1H3,(H,14,15). The van der Waals surface area contributed by atoms with E-state index in [0.717, 1.165) is 38.3 Å². The van der Waals surface area contributed by atoms with E-state index in [9.17, 15) is 4.79 Å². The number of carbonyl (C=O) groups excluding carboxylic acids is 1. The van der Waals surface area contributed by atoms with Gasteiger partial charge < -0.3 is 11.1 Å². The summed E-state index contributed by atoms with van der Waals surface area (Å²) in [7, 11) is 0. The first-order valence-corrected chi connectivity index (χ1v) is 6.23. The SMILES string of the molecule is CCC(CCN)CCC(=O)NCC1CC1. The monoisotopic (exact) mass is 212 g/mol. The van der Waals surface area contributed by atoms with Crippen LogP contribution in [0.2, 0.25) is 0 Å². The van der Waals surface area contributed by atoms with E-state index < -0.39 is 0 Å². The zero-order valence-corrected chi connectivity index (χ0v) is 9.80. The van der Waals surface area contributed by atoms with Gasteiger partial charge in [-0.05, 0) is 44.1 Å². The Morgan fingerprint density at radius 1 is 1.47 bits per heavy atom. The van der Waals surface area contributed by atoms with Crippen molar-refractivity contribution < 1.29 is 4.79 Å². The number of carbonyl (C=O) groups is 1. The molecule has 0 aliphatic heterocycles. The summed E-state index contributed by atoms with van der Waals surface area (Å²) in [4.78, 5) is 11.5. The molecule has 0 spiro atoms.